The van der Waals surface area contributed by atoms with Crippen molar-refractivity contribution in [1.29, 1.82) is 0 Å². The SMILES string of the molecule is CCOC(=O)CC(=O)C1CN(C(=O)OCc2ccccc2)C1. The fourth-order valence-corrected chi connectivity index (χ4v) is 2.14. The highest BCUT2D eigenvalue weighted by molar-refractivity contribution is 5.97. The molecule has 22 heavy (non-hydrogen) atoms. The number of Topliss-reactive ketones (excluding diaryl/α,β-unsaturated/α-hetero) is 1. The van der Waals surface area contributed by atoms with Crippen LogP contribution in [0.15, 0.2) is 30.3 Å². The van der Waals surface area contributed by atoms with Crippen LogP contribution in [-0.2, 0) is 25.7 Å². The van der Waals surface area contributed by atoms with E-state index in [9.17, 15) is 14.4 Å². The summed E-state index contributed by atoms with van der Waals surface area (Å²) < 4.78 is 9.89. The van der Waals surface area contributed by atoms with Crippen LogP contribution in [0.5, 0.6) is 0 Å². The molecule has 6 nitrogen and oxygen atoms in total. The van der Waals surface area contributed by atoms with Crippen LogP contribution in [0.25, 0.3) is 0 Å². The van der Waals surface area contributed by atoms with Crippen molar-refractivity contribution >= 4 is 17.8 Å². The van der Waals surface area contributed by atoms with Crippen LogP contribution in [0.4, 0.5) is 4.79 Å². The summed E-state index contributed by atoms with van der Waals surface area (Å²) in [7, 11) is 0. The molecule has 1 aromatic rings. The van der Waals surface area contributed by atoms with E-state index >= 15 is 0 Å². The zero-order valence-corrected chi connectivity index (χ0v) is 12.5. The molecule has 0 N–H and O–H groups in total. The summed E-state index contributed by atoms with van der Waals surface area (Å²) >= 11 is 0. The summed E-state index contributed by atoms with van der Waals surface area (Å²) in [4.78, 5) is 36.3. The number of carbonyl (C=O) groups is 3. The summed E-state index contributed by atoms with van der Waals surface area (Å²) in [5.74, 6) is -1.00. The molecule has 2 rings (SSSR count). The van der Waals surface area contributed by atoms with Gasteiger partial charge in [0, 0.05) is 13.1 Å². The number of ether oxygens (including phenoxy) is 2. The second-order valence-electron chi connectivity index (χ2n) is 5.09. The summed E-state index contributed by atoms with van der Waals surface area (Å²) in [6.07, 6.45) is -0.671. The maximum Gasteiger partial charge on any atom is 0.410 e. The molecule has 1 amide bonds. The van der Waals surface area contributed by atoms with Crippen LogP contribution in [0, 0.1) is 5.92 Å². The molecule has 0 atom stereocenters. The standard InChI is InChI=1S/C16H19NO5/c1-2-21-15(19)8-14(18)13-9-17(10-13)16(20)22-11-12-6-4-3-5-7-12/h3-7,13H,2,8-11H2,1H3. The third kappa shape index (κ3) is 4.31. The molecule has 1 heterocycles. The topological polar surface area (TPSA) is 72.9 Å². The predicted octanol–water partition coefficient (Wildman–Crippen LogP) is 1.78. The van der Waals surface area contributed by atoms with Crippen LogP contribution in [-0.4, -0.2) is 42.4 Å². The highest BCUT2D eigenvalue weighted by Crippen LogP contribution is 2.19. The average Bonchev–Trinajstić information content (AvgIpc) is 2.44. The van der Waals surface area contributed by atoms with Crippen LogP contribution < -0.4 is 0 Å². The molecule has 0 unspecified atom stereocenters. The minimum atomic E-state index is -0.516. The van der Waals surface area contributed by atoms with Gasteiger partial charge in [-0.1, -0.05) is 30.3 Å². The Morgan fingerprint density at radius 2 is 1.82 bits per heavy atom. The summed E-state index contributed by atoms with van der Waals surface area (Å²) in [6, 6.07) is 9.37. The first-order chi connectivity index (χ1) is 10.6. The Balaban J connectivity index is 1.68. The van der Waals surface area contributed by atoms with Gasteiger partial charge >= 0.3 is 12.1 Å². The van der Waals surface area contributed by atoms with E-state index < -0.39 is 12.1 Å². The minimum absolute atomic E-state index is 0.189. The Kier molecular flexibility index (Phi) is 5.52. The molecule has 0 bridgehead atoms. The molecule has 1 aliphatic rings. The number of ketones is 1. The number of benzene rings is 1. The first-order valence-corrected chi connectivity index (χ1v) is 7.24. The number of rotatable bonds is 6. The van der Waals surface area contributed by atoms with Gasteiger partial charge in [-0.3, -0.25) is 9.59 Å². The highest BCUT2D eigenvalue weighted by atomic mass is 16.6. The lowest BCUT2D eigenvalue weighted by molar-refractivity contribution is -0.147. The van der Waals surface area contributed by atoms with Crippen LogP contribution in [0.3, 0.4) is 0 Å². The summed E-state index contributed by atoms with van der Waals surface area (Å²) in [5, 5.41) is 0. The first kappa shape index (κ1) is 16.0. The van der Waals surface area contributed by atoms with Crippen LogP contribution >= 0.6 is 0 Å². The van der Waals surface area contributed by atoms with Gasteiger partial charge in [0.1, 0.15) is 13.0 Å². The zero-order valence-electron chi connectivity index (χ0n) is 12.5. The van der Waals surface area contributed by atoms with E-state index in [1.165, 1.54) is 4.90 Å². The quantitative estimate of drug-likeness (QED) is 0.591. The largest absolute Gasteiger partial charge is 0.466 e. The molecular weight excluding hydrogens is 286 g/mol. The van der Waals surface area contributed by atoms with Crippen molar-refractivity contribution in [2.45, 2.75) is 20.0 Å². The number of nitrogens with zero attached hydrogens (tertiary/aromatic N) is 1. The van der Waals surface area contributed by atoms with Gasteiger partial charge in [-0.25, -0.2) is 4.79 Å². The number of amides is 1. The third-order valence-electron chi connectivity index (χ3n) is 3.42. The molecule has 0 spiro atoms. The van der Waals surface area contributed by atoms with Crippen molar-refractivity contribution in [2.24, 2.45) is 5.92 Å². The van der Waals surface area contributed by atoms with Crippen molar-refractivity contribution < 1.29 is 23.9 Å². The maximum atomic E-state index is 11.8. The van der Waals surface area contributed by atoms with Crippen LogP contribution in [0.2, 0.25) is 0 Å². The molecule has 0 saturated carbocycles. The molecular formula is C16H19NO5. The number of carbonyl (C=O) groups excluding carboxylic acids is 3. The molecule has 6 heteroatoms. The van der Waals surface area contributed by atoms with Crippen molar-refractivity contribution in [3.05, 3.63) is 35.9 Å². The molecule has 0 aliphatic carbocycles. The summed E-state index contributed by atoms with van der Waals surface area (Å²) in [5.41, 5.74) is 0.909. The molecule has 1 saturated heterocycles. The Morgan fingerprint density at radius 3 is 2.45 bits per heavy atom. The second-order valence-corrected chi connectivity index (χ2v) is 5.09. The smallest absolute Gasteiger partial charge is 0.410 e. The van der Waals surface area contributed by atoms with Crippen LogP contribution in [0.1, 0.15) is 18.9 Å². The second kappa shape index (κ2) is 7.59. The lowest BCUT2D eigenvalue weighted by Crippen LogP contribution is -2.53. The van der Waals surface area contributed by atoms with E-state index in [1.807, 2.05) is 30.3 Å². The molecule has 1 aliphatic heterocycles. The number of hydrogen-bond donors (Lipinski definition) is 0. The Morgan fingerprint density at radius 1 is 1.14 bits per heavy atom. The van der Waals surface area contributed by atoms with Crippen molar-refractivity contribution in [2.75, 3.05) is 19.7 Å². The average molecular weight is 305 g/mol. The van der Waals surface area contributed by atoms with Crippen molar-refractivity contribution in [3.8, 4) is 0 Å². The van der Waals surface area contributed by atoms with Gasteiger partial charge in [0.2, 0.25) is 0 Å². The van der Waals surface area contributed by atoms with E-state index in [2.05, 4.69) is 0 Å². The highest BCUT2D eigenvalue weighted by Gasteiger charge is 2.37. The molecule has 1 aromatic carbocycles. The molecule has 0 aromatic heterocycles. The number of esters is 1. The van der Waals surface area contributed by atoms with E-state index in [0.29, 0.717) is 13.1 Å². The fraction of sp³-hybridized carbons (Fsp3) is 0.438. The van der Waals surface area contributed by atoms with Gasteiger partial charge in [0.15, 0.2) is 5.78 Å². The van der Waals surface area contributed by atoms with Crippen molar-refractivity contribution in [1.82, 2.24) is 4.90 Å². The Labute approximate surface area is 129 Å². The molecule has 118 valence electrons. The maximum absolute atomic E-state index is 11.8. The number of likely N-dealkylation sites (tertiary alicyclic amines) is 1. The fourth-order valence-electron chi connectivity index (χ4n) is 2.14. The lowest BCUT2D eigenvalue weighted by atomic mass is 9.94. The van der Waals surface area contributed by atoms with Gasteiger partial charge in [-0.2, -0.15) is 0 Å². The van der Waals surface area contributed by atoms with Gasteiger partial charge in [0.25, 0.3) is 0 Å². The Bertz CT molecular complexity index is 537. The van der Waals surface area contributed by atoms with E-state index in [4.69, 9.17) is 9.47 Å². The van der Waals surface area contributed by atoms with Gasteiger partial charge in [-0.15, -0.1) is 0 Å². The number of hydrogen-bond acceptors (Lipinski definition) is 5. The van der Waals surface area contributed by atoms with Crippen molar-refractivity contribution in [3.63, 3.8) is 0 Å². The summed E-state index contributed by atoms with van der Waals surface area (Å²) in [6.45, 7) is 2.75. The normalized spacial score (nSPS) is 14.1. The Hall–Kier alpha value is -2.37. The first-order valence-electron chi connectivity index (χ1n) is 7.24. The van der Waals surface area contributed by atoms with Gasteiger partial charge in [0.05, 0.1) is 12.5 Å². The zero-order chi connectivity index (χ0) is 15.9. The van der Waals surface area contributed by atoms with Gasteiger partial charge in [-0.05, 0) is 12.5 Å². The van der Waals surface area contributed by atoms with E-state index in [0.717, 1.165) is 5.56 Å². The van der Waals surface area contributed by atoms with E-state index in [1.54, 1.807) is 6.92 Å². The monoisotopic (exact) mass is 305 g/mol. The molecule has 0 radical (unpaired) electrons. The lowest BCUT2D eigenvalue weighted by Gasteiger charge is -2.37. The third-order valence-corrected chi connectivity index (χ3v) is 3.42. The molecule has 1 fully saturated rings. The predicted molar refractivity (Wildman–Crippen MR) is 77.9 cm³/mol. The van der Waals surface area contributed by atoms with Gasteiger partial charge < -0.3 is 14.4 Å². The minimum Gasteiger partial charge on any atom is -0.466 e. The van der Waals surface area contributed by atoms with E-state index in [-0.39, 0.29) is 31.3 Å².